The van der Waals surface area contributed by atoms with Crippen LogP contribution in [0.1, 0.15) is 33.3 Å². The molecule has 118 valence electrons. The Hall–Kier alpha value is -1.13. The summed E-state index contributed by atoms with van der Waals surface area (Å²) in [6.07, 6.45) is 0. The van der Waals surface area contributed by atoms with Crippen molar-refractivity contribution in [2.24, 2.45) is 0 Å². The van der Waals surface area contributed by atoms with Gasteiger partial charge in [-0.2, -0.15) is 0 Å². The minimum Gasteiger partial charge on any atom is -0.366 e. The summed E-state index contributed by atoms with van der Waals surface area (Å²) in [6, 6.07) is 5.61. The highest BCUT2D eigenvalue weighted by Gasteiger charge is 2.24. The summed E-state index contributed by atoms with van der Waals surface area (Å²) in [4.78, 5) is 4.75. The first-order valence-electron chi connectivity index (χ1n) is 7.75. The van der Waals surface area contributed by atoms with E-state index in [0.29, 0.717) is 12.6 Å². The second-order valence-corrected chi connectivity index (χ2v) is 7.18. The van der Waals surface area contributed by atoms with Gasteiger partial charge in [-0.05, 0) is 58.5 Å². The molecule has 0 aromatic heterocycles. The van der Waals surface area contributed by atoms with Gasteiger partial charge in [0.1, 0.15) is 5.82 Å². The Labute approximate surface area is 128 Å². The molecule has 21 heavy (non-hydrogen) atoms. The molecule has 0 amide bonds. The molecule has 0 bridgehead atoms. The summed E-state index contributed by atoms with van der Waals surface area (Å²) in [5.74, 6) is -0.161. The van der Waals surface area contributed by atoms with Crippen molar-refractivity contribution in [1.82, 2.24) is 10.2 Å². The van der Waals surface area contributed by atoms with Crippen LogP contribution < -0.4 is 10.2 Å². The summed E-state index contributed by atoms with van der Waals surface area (Å²) < 4.78 is 13.6. The first-order chi connectivity index (χ1) is 9.76. The van der Waals surface area contributed by atoms with Gasteiger partial charge in [0.05, 0.1) is 0 Å². The Balaban J connectivity index is 2.22. The maximum Gasteiger partial charge on any atom is 0.123 e. The van der Waals surface area contributed by atoms with Crippen LogP contribution in [0.15, 0.2) is 18.2 Å². The lowest BCUT2D eigenvalue weighted by Crippen LogP contribution is -2.51. The molecule has 1 unspecified atom stereocenters. The van der Waals surface area contributed by atoms with Gasteiger partial charge in [-0.15, -0.1) is 0 Å². The normalized spacial score (nSPS) is 20.9. The van der Waals surface area contributed by atoms with E-state index in [1.807, 2.05) is 6.07 Å². The van der Waals surface area contributed by atoms with Crippen LogP contribution in [0, 0.1) is 5.82 Å². The SMILES string of the molecule is CC1CN(C)CCN1c1ccc(F)cc1CNC(C)(C)C. The number of hydrogen-bond acceptors (Lipinski definition) is 3. The molecule has 0 spiro atoms. The van der Waals surface area contributed by atoms with Crippen LogP contribution in [-0.4, -0.2) is 43.2 Å². The van der Waals surface area contributed by atoms with Gasteiger partial charge in [-0.1, -0.05) is 0 Å². The van der Waals surface area contributed by atoms with E-state index in [2.05, 4.69) is 49.9 Å². The zero-order valence-corrected chi connectivity index (χ0v) is 13.9. The van der Waals surface area contributed by atoms with E-state index >= 15 is 0 Å². The smallest absolute Gasteiger partial charge is 0.123 e. The summed E-state index contributed by atoms with van der Waals surface area (Å²) >= 11 is 0. The fraction of sp³-hybridized carbons (Fsp3) is 0.647. The molecule has 1 heterocycles. The topological polar surface area (TPSA) is 18.5 Å². The van der Waals surface area contributed by atoms with E-state index < -0.39 is 0 Å². The minimum absolute atomic E-state index is 0.0251. The van der Waals surface area contributed by atoms with Gasteiger partial charge in [-0.25, -0.2) is 4.39 Å². The molecule has 1 N–H and O–H groups in total. The van der Waals surface area contributed by atoms with Gasteiger partial charge in [-0.3, -0.25) is 0 Å². The van der Waals surface area contributed by atoms with Crippen LogP contribution in [0.4, 0.5) is 10.1 Å². The average molecular weight is 293 g/mol. The number of anilines is 1. The third-order valence-electron chi connectivity index (χ3n) is 3.99. The largest absolute Gasteiger partial charge is 0.366 e. The van der Waals surface area contributed by atoms with Crippen LogP contribution in [0.3, 0.4) is 0 Å². The second kappa shape index (κ2) is 6.32. The second-order valence-electron chi connectivity index (χ2n) is 7.18. The molecule has 2 rings (SSSR count). The average Bonchev–Trinajstić information content (AvgIpc) is 2.36. The lowest BCUT2D eigenvalue weighted by atomic mass is 10.1. The van der Waals surface area contributed by atoms with Crippen molar-refractivity contribution >= 4 is 5.69 Å². The molecule has 1 aromatic carbocycles. The summed E-state index contributed by atoms with van der Waals surface area (Å²) in [6.45, 7) is 12.4. The molecular formula is C17H28FN3. The molecule has 3 nitrogen and oxygen atoms in total. The minimum atomic E-state index is -0.161. The molecule has 1 aromatic rings. The number of rotatable bonds is 3. The molecule has 0 radical (unpaired) electrons. The van der Waals surface area contributed by atoms with Crippen LogP contribution in [0.25, 0.3) is 0 Å². The standard InChI is InChI=1S/C17H28FN3/c1-13-12-20(5)8-9-21(13)16-7-6-15(18)10-14(16)11-19-17(2,3)4/h6-7,10,13,19H,8-9,11-12H2,1-5H3. The molecule has 1 atom stereocenters. The Morgan fingerprint density at radius 1 is 1.29 bits per heavy atom. The molecule has 1 fully saturated rings. The molecule has 1 saturated heterocycles. The Kier molecular flexibility index (Phi) is 4.89. The Morgan fingerprint density at radius 2 is 2.00 bits per heavy atom. The quantitative estimate of drug-likeness (QED) is 0.924. The van der Waals surface area contributed by atoms with E-state index in [4.69, 9.17) is 0 Å². The van der Waals surface area contributed by atoms with Crippen LogP contribution in [-0.2, 0) is 6.54 Å². The van der Waals surface area contributed by atoms with Gasteiger partial charge in [0.15, 0.2) is 0 Å². The highest BCUT2D eigenvalue weighted by molar-refractivity contribution is 5.55. The Morgan fingerprint density at radius 3 is 2.62 bits per heavy atom. The van der Waals surface area contributed by atoms with Crippen molar-refractivity contribution in [2.45, 2.75) is 45.8 Å². The fourth-order valence-corrected chi connectivity index (χ4v) is 2.83. The van der Waals surface area contributed by atoms with Crippen molar-refractivity contribution in [2.75, 3.05) is 31.6 Å². The van der Waals surface area contributed by atoms with E-state index in [1.54, 1.807) is 12.1 Å². The van der Waals surface area contributed by atoms with Crippen LogP contribution >= 0.6 is 0 Å². The zero-order valence-electron chi connectivity index (χ0n) is 13.9. The van der Waals surface area contributed by atoms with Crippen molar-refractivity contribution in [3.8, 4) is 0 Å². The third kappa shape index (κ3) is 4.42. The van der Waals surface area contributed by atoms with Gasteiger partial charge >= 0.3 is 0 Å². The number of benzene rings is 1. The monoisotopic (exact) mass is 293 g/mol. The van der Waals surface area contributed by atoms with E-state index in [0.717, 1.165) is 30.9 Å². The lowest BCUT2D eigenvalue weighted by Gasteiger charge is -2.41. The molecule has 1 aliphatic rings. The first-order valence-corrected chi connectivity index (χ1v) is 7.75. The maximum atomic E-state index is 13.6. The summed E-state index contributed by atoms with van der Waals surface area (Å²) in [5.41, 5.74) is 2.23. The van der Waals surface area contributed by atoms with Crippen LogP contribution in [0.2, 0.25) is 0 Å². The zero-order chi connectivity index (χ0) is 15.6. The maximum absolute atomic E-state index is 13.6. The van der Waals surface area contributed by atoms with E-state index in [1.165, 1.54) is 0 Å². The first kappa shape index (κ1) is 16.2. The number of likely N-dealkylation sites (N-methyl/N-ethyl adjacent to an activating group) is 1. The third-order valence-corrected chi connectivity index (χ3v) is 3.99. The van der Waals surface area contributed by atoms with Crippen LogP contribution in [0.5, 0.6) is 0 Å². The molecule has 4 heteroatoms. The number of nitrogens with one attached hydrogen (secondary N) is 1. The van der Waals surface area contributed by atoms with Gasteiger partial charge < -0.3 is 15.1 Å². The fourth-order valence-electron chi connectivity index (χ4n) is 2.83. The van der Waals surface area contributed by atoms with Gasteiger partial charge in [0.2, 0.25) is 0 Å². The van der Waals surface area contributed by atoms with Gasteiger partial charge in [0.25, 0.3) is 0 Å². The Bertz CT molecular complexity index is 481. The van der Waals surface area contributed by atoms with Crippen molar-refractivity contribution in [3.05, 3.63) is 29.6 Å². The van der Waals surface area contributed by atoms with Crippen molar-refractivity contribution in [1.29, 1.82) is 0 Å². The molecule has 0 aliphatic carbocycles. The predicted octanol–water partition coefficient (Wildman–Crippen LogP) is 2.85. The van der Waals surface area contributed by atoms with E-state index in [9.17, 15) is 4.39 Å². The molecule has 0 saturated carbocycles. The highest BCUT2D eigenvalue weighted by Crippen LogP contribution is 2.26. The van der Waals surface area contributed by atoms with E-state index in [-0.39, 0.29) is 11.4 Å². The lowest BCUT2D eigenvalue weighted by molar-refractivity contribution is 0.275. The molecule has 1 aliphatic heterocycles. The van der Waals surface area contributed by atoms with Crippen molar-refractivity contribution < 1.29 is 4.39 Å². The molecular weight excluding hydrogens is 265 g/mol. The highest BCUT2D eigenvalue weighted by atomic mass is 19.1. The van der Waals surface area contributed by atoms with Gasteiger partial charge in [0, 0.05) is 43.4 Å². The number of hydrogen-bond donors (Lipinski definition) is 1. The van der Waals surface area contributed by atoms with Crippen molar-refractivity contribution in [3.63, 3.8) is 0 Å². The summed E-state index contributed by atoms with van der Waals surface area (Å²) in [5, 5.41) is 3.46. The summed E-state index contributed by atoms with van der Waals surface area (Å²) in [7, 11) is 2.15. The predicted molar refractivity (Wildman–Crippen MR) is 87.3 cm³/mol. The number of piperazine rings is 1. The number of nitrogens with zero attached hydrogens (tertiary/aromatic N) is 2. The number of halogens is 1.